The van der Waals surface area contributed by atoms with Crippen molar-refractivity contribution in [3.8, 4) is 0 Å². The summed E-state index contributed by atoms with van der Waals surface area (Å²) in [5, 5.41) is 3.69. The van der Waals surface area contributed by atoms with E-state index in [9.17, 15) is 4.79 Å². The molecule has 0 spiro atoms. The third-order valence-corrected chi connectivity index (χ3v) is 8.08. The summed E-state index contributed by atoms with van der Waals surface area (Å²) in [7, 11) is 0. The van der Waals surface area contributed by atoms with Gasteiger partial charge in [0.15, 0.2) is 0 Å². The van der Waals surface area contributed by atoms with E-state index in [2.05, 4.69) is 15.1 Å². The van der Waals surface area contributed by atoms with Crippen LogP contribution in [0.1, 0.15) is 37.7 Å². The number of hydrogen-bond donors (Lipinski definition) is 1. The standard InChI is InChI=1S/C23H32ClN3O/c1-15-2-3-20(24)13-21(15)25-22(28)14-26-4-6-27(7-5-26)23-18-9-16-8-17(11-18)12-19(23)10-16/h2-3,13,16-19,23H,4-12,14H2,1H3,(H,25,28). The first-order chi connectivity index (χ1) is 13.5. The first-order valence-corrected chi connectivity index (χ1v) is 11.5. The smallest absolute Gasteiger partial charge is 0.238 e. The Morgan fingerprint density at radius 3 is 2.32 bits per heavy atom. The molecular formula is C23H32ClN3O. The van der Waals surface area contributed by atoms with E-state index >= 15 is 0 Å². The molecule has 4 saturated carbocycles. The van der Waals surface area contributed by atoms with E-state index in [0.717, 1.165) is 67.1 Å². The summed E-state index contributed by atoms with van der Waals surface area (Å²) in [6, 6.07) is 6.47. The van der Waals surface area contributed by atoms with Crippen molar-refractivity contribution in [1.82, 2.24) is 9.80 Å². The van der Waals surface area contributed by atoms with Gasteiger partial charge in [0.05, 0.1) is 6.54 Å². The summed E-state index contributed by atoms with van der Waals surface area (Å²) >= 11 is 6.07. The zero-order valence-corrected chi connectivity index (χ0v) is 17.6. The fraction of sp³-hybridized carbons (Fsp3) is 0.696. The van der Waals surface area contributed by atoms with Gasteiger partial charge in [0.2, 0.25) is 5.91 Å². The Hall–Kier alpha value is -1.10. The van der Waals surface area contributed by atoms with E-state index in [-0.39, 0.29) is 5.91 Å². The Kier molecular flexibility index (Phi) is 5.14. The minimum absolute atomic E-state index is 0.0634. The molecule has 0 unspecified atom stereocenters. The minimum atomic E-state index is 0.0634. The highest BCUT2D eigenvalue weighted by molar-refractivity contribution is 6.31. The maximum atomic E-state index is 12.5. The summed E-state index contributed by atoms with van der Waals surface area (Å²) in [5.74, 6) is 4.06. The molecule has 28 heavy (non-hydrogen) atoms. The van der Waals surface area contributed by atoms with Crippen LogP contribution < -0.4 is 5.32 Å². The van der Waals surface area contributed by atoms with Crippen LogP contribution in [0, 0.1) is 30.6 Å². The summed E-state index contributed by atoms with van der Waals surface area (Å²) in [5.41, 5.74) is 1.87. The van der Waals surface area contributed by atoms with Crippen LogP contribution in [-0.2, 0) is 4.79 Å². The summed E-state index contributed by atoms with van der Waals surface area (Å²) in [6.07, 6.45) is 7.46. The van der Waals surface area contributed by atoms with Crippen LogP contribution in [0.2, 0.25) is 5.02 Å². The van der Waals surface area contributed by atoms with Crippen molar-refractivity contribution < 1.29 is 4.79 Å². The van der Waals surface area contributed by atoms with Crippen molar-refractivity contribution in [1.29, 1.82) is 0 Å². The van der Waals surface area contributed by atoms with Gasteiger partial charge in [-0.05, 0) is 80.4 Å². The lowest BCUT2D eigenvalue weighted by molar-refractivity contribution is -0.118. The van der Waals surface area contributed by atoms with Gasteiger partial charge in [-0.25, -0.2) is 0 Å². The number of halogens is 1. The van der Waals surface area contributed by atoms with E-state index in [4.69, 9.17) is 11.6 Å². The Labute approximate surface area is 173 Å². The molecule has 0 atom stereocenters. The van der Waals surface area contributed by atoms with Crippen LogP contribution >= 0.6 is 11.6 Å². The molecule has 1 N–H and O–H groups in total. The van der Waals surface area contributed by atoms with Gasteiger partial charge >= 0.3 is 0 Å². The molecule has 5 aliphatic rings. The number of amides is 1. The Bertz CT molecular complexity index is 715. The van der Waals surface area contributed by atoms with Crippen LogP contribution in [0.3, 0.4) is 0 Å². The van der Waals surface area contributed by atoms with Crippen LogP contribution in [0.5, 0.6) is 0 Å². The van der Waals surface area contributed by atoms with Gasteiger partial charge in [0, 0.05) is 42.9 Å². The number of anilines is 1. The monoisotopic (exact) mass is 401 g/mol. The first kappa shape index (κ1) is 18.9. The number of carbonyl (C=O) groups excluding carboxylic acids is 1. The van der Waals surface area contributed by atoms with Crippen LogP contribution in [0.25, 0.3) is 0 Å². The van der Waals surface area contributed by atoms with Crippen molar-refractivity contribution in [2.45, 2.75) is 45.1 Å². The normalized spacial score (nSPS) is 35.3. The summed E-state index contributed by atoms with van der Waals surface area (Å²) in [6.45, 7) is 6.72. The quantitative estimate of drug-likeness (QED) is 0.827. The maximum Gasteiger partial charge on any atom is 0.238 e. The molecular weight excluding hydrogens is 370 g/mol. The molecule has 6 rings (SSSR count). The highest BCUT2D eigenvalue weighted by Crippen LogP contribution is 2.55. The van der Waals surface area contributed by atoms with Gasteiger partial charge in [0.25, 0.3) is 0 Å². The molecule has 4 nitrogen and oxygen atoms in total. The largest absolute Gasteiger partial charge is 0.325 e. The molecule has 4 bridgehead atoms. The predicted molar refractivity (Wildman–Crippen MR) is 114 cm³/mol. The zero-order chi connectivity index (χ0) is 19.3. The van der Waals surface area contributed by atoms with Gasteiger partial charge in [0.1, 0.15) is 0 Å². The number of carbonyl (C=O) groups is 1. The molecule has 5 heteroatoms. The second-order valence-electron chi connectivity index (χ2n) is 9.74. The Morgan fingerprint density at radius 1 is 1.04 bits per heavy atom. The molecule has 1 saturated heterocycles. The van der Waals surface area contributed by atoms with E-state index in [1.165, 1.54) is 32.1 Å². The molecule has 1 aromatic carbocycles. The van der Waals surface area contributed by atoms with E-state index in [1.54, 1.807) is 0 Å². The van der Waals surface area contributed by atoms with Crippen LogP contribution in [-0.4, -0.2) is 54.5 Å². The molecule has 5 fully saturated rings. The Balaban J connectivity index is 1.13. The van der Waals surface area contributed by atoms with Crippen molar-refractivity contribution >= 4 is 23.2 Å². The summed E-state index contributed by atoms with van der Waals surface area (Å²) < 4.78 is 0. The number of aryl methyl sites for hydroxylation is 1. The van der Waals surface area contributed by atoms with Gasteiger partial charge in [-0.1, -0.05) is 17.7 Å². The van der Waals surface area contributed by atoms with Crippen molar-refractivity contribution in [3.63, 3.8) is 0 Å². The highest BCUT2D eigenvalue weighted by atomic mass is 35.5. The molecule has 152 valence electrons. The molecule has 1 aromatic rings. The van der Waals surface area contributed by atoms with E-state index in [0.29, 0.717) is 11.6 Å². The minimum Gasteiger partial charge on any atom is -0.325 e. The molecule has 0 radical (unpaired) electrons. The average molecular weight is 402 g/mol. The number of benzene rings is 1. The second kappa shape index (κ2) is 7.62. The number of rotatable bonds is 4. The van der Waals surface area contributed by atoms with E-state index in [1.807, 2.05) is 25.1 Å². The number of piperazine rings is 1. The van der Waals surface area contributed by atoms with Crippen molar-refractivity contribution in [2.24, 2.45) is 23.7 Å². The van der Waals surface area contributed by atoms with Gasteiger partial charge < -0.3 is 5.32 Å². The average Bonchev–Trinajstić information content (AvgIpc) is 2.65. The molecule has 4 aliphatic carbocycles. The third-order valence-electron chi connectivity index (χ3n) is 7.85. The molecule has 1 amide bonds. The lowest BCUT2D eigenvalue weighted by atomic mass is 9.54. The third kappa shape index (κ3) is 3.71. The van der Waals surface area contributed by atoms with E-state index < -0.39 is 0 Å². The summed E-state index contributed by atoms with van der Waals surface area (Å²) in [4.78, 5) is 17.6. The number of hydrogen-bond acceptors (Lipinski definition) is 3. The second-order valence-corrected chi connectivity index (χ2v) is 10.2. The molecule has 1 heterocycles. The van der Waals surface area contributed by atoms with Crippen molar-refractivity contribution in [2.75, 3.05) is 38.0 Å². The van der Waals surface area contributed by atoms with Crippen LogP contribution in [0.4, 0.5) is 5.69 Å². The van der Waals surface area contributed by atoms with Crippen molar-refractivity contribution in [3.05, 3.63) is 28.8 Å². The fourth-order valence-corrected chi connectivity index (χ4v) is 7.01. The number of nitrogens with zero attached hydrogens (tertiary/aromatic N) is 2. The molecule has 0 aromatic heterocycles. The SMILES string of the molecule is Cc1ccc(Cl)cc1NC(=O)CN1CCN(C2C3CC4CC(C3)CC2C4)CC1. The van der Waals surface area contributed by atoms with Gasteiger partial charge in [-0.3, -0.25) is 14.6 Å². The fourth-order valence-electron chi connectivity index (χ4n) is 6.83. The maximum absolute atomic E-state index is 12.5. The highest BCUT2D eigenvalue weighted by Gasteiger charge is 2.50. The Morgan fingerprint density at radius 2 is 1.68 bits per heavy atom. The lowest BCUT2D eigenvalue weighted by Gasteiger charge is -2.58. The van der Waals surface area contributed by atoms with Gasteiger partial charge in [-0.2, -0.15) is 0 Å². The molecule has 1 aliphatic heterocycles. The zero-order valence-electron chi connectivity index (χ0n) is 16.9. The van der Waals surface area contributed by atoms with Gasteiger partial charge in [-0.15, -0.1) is 0 Å². The van der Waals surface area contributed by atoms with Crippen LogP contribution in [0.15, 0.2) is 18.2 Å². The predicted octanol–water partition coefficient (Wildman–Crippen LogP) is 4.03. The lowest BCUT2D eigenvalue weighted by Crippen LogP contribution is -2.60. The topological polar surface area (TPSA) is 35.6 Å². The number of nitrogens with one attached hydrogen (secondary N) is 1. The first-order valence-electron chi connectivity index (χ1n) is 11.1.